The van der Waals surface area contributed by atoms with Crippen LogP contribution in [0.3, 0.4) is 0 Å². The smallest absolute Gasteiger partial charge is 0.231 e. The molecule has 2 heterocycles. The Kier molecular flexibility index (Phi) is 5.11. The molecule has 1 aliphatic heterocycles. The lowest BCUT2D eigenvalue weighted by Gasteiger charge is -2.23. The van der Waals surface area contributed by atoms with Gasteiger partial charge in [-0.15, -0.1) is 11.3 Å². The number of hydrogen-bond acceptors (Lipinski definition) is 5. The second-order valence-corrected chi connectivity index (χ2v) is 8.00. The summed E-state index contributed by atoms with van der Waals surface area (Å²) in [5, 5.41) is 5.38. The third-order valence-corrected chi connectivity index (χ3v) is 6.17. The average molecular weight is 385 g/mol. The minimum absolute atomic E-state index is 0.111. The molecule has 2 aliphatic rings. The lowest BCUT2D eigenvalue weighted by atomic mass is 10.1. The number of carbonyl (C=O) groups is 2. The van der Waals surface area contributed by atoms with Crippen LogP contribution >= 0.6 is 11.3 Å². The predicted octanol–water partition coefficient (Wildman–Crippen LogP) is 3.55. The van der Waals surface area contributed by atoms with Gasteiger partial charge in [-0.3, -0.25) is 9.59 Å². The molecular formula is C20H23N3O3S. The number of rotatable bonds is 5. The Balaban J connectivity index is 1.38. The number of aromatic nitrogens is 1. The molecule has 4 rings (SSSR count). The number of hydrogen-bond donors (Lipinski definition) is 1. The number of nitrogens with zero attached hydrogens (tertiary/aromatic N) is 2. The van der Waals surface area contributed by atoms with Crippen LogP contribution in [0.1, 0.15) is 32.1 Å². The minimum atomic E-state index is -0.286. The number of ether oxygens (including phenoxy) is 1. The van der Waals surface area contributed by atoms with E-state index < -0.39 is 0 Å². The fourth-order valence-corrected chi connectivity index (χ4v) is 4.63. The lowest BCUT2D eigenvalue weighted by Crippen LogP contribution is -2.35. The largest absolute Gasteiger partial charge is 0.497 e. The first kappa shape index (κ1) is 18.0. The molecule has 2 fully saturated rings. The summed E-state index contributed by atoms with van der Waals surface area (Å²) in [7, 11) is 1.63. The van der Waals surface area contributed by atoms with E-state index >= 15 is 0 Å². The molecule has 142 valence electrons. The molecule has 2 aromatic rings. The summed E-state index contributed by atoms with van der Waals surface area (Å²) in [4.78, 5) is 31.3. The van der Waals surface area contributed by atoms with Crippen LogP contribution in [0.15, 0.2) is 29.6 Å². The fourth-order valence-electron chi connectivity index (χ4n) is 3.91. The number of anilines is 1. The Bertz CT molecular complexity index is 827. The minimum Gasteiger partial charge on any atom is -0.497 e. The van der Waals surface area contributed by atoms with Gasteiger partial charge in [0, 0.05) is 30.0 Å². The number of amides is 2. The highest BCUT2D eigenvalue weighted by Crippen LogP contribution is 2.31. The lowest BCUT2D eigenvalue weighted by molar-refractivity contribution is -0.129. The predicted molar refractivity (Wildman–Crippen MR) is 105 cm³/mol. The Morgan fingerprint density at radius 2 is 2.00 bits per heavy atom. The van der Waals surface area contributed by atoms with E-state index in [1.807, 2.05) is 34.5 Å². The standard InChI is InChI=1S/C20H23N3O3S/c1-26-16-8-6-13(7-9-16)17-12-27-20(21-17)22-19(25)14-10-18(24)23(11-14)15-4-2-3-5-15/h6-9,12,14-15H,2-5,10-11H2,1H3,(H,21,22,25). The monoisotopic (exact) mass is 385 g/mol. The molecule has 1 saturated carbocycles. The van der Waals surface area contributed by atoms with Gasteiger partial charge in [0.25, 0.3) is 0 Å². The van der Waals surface area contributed by atoms with Gasteiger partial charge in [-0.1, -0.05) is 12.8 Å². The first-order valence-electron chi connectivity index (χ1n) is 9.34. The number of likely N-dealkylation sites (tertiary alicyclic amines) is 1. The second-order valence-electron chi connectivity index (χ2n) is 7.14. The maximum Gasteiger partial charge on any atom is 0.231 e. The topological polar surface area (TPSA) is 71.5 Å². The van der Waals surface area contributed by atoms with Crippen LogP contribution in [0.2, 0.25) is 0 Å². The van der Waals surface area contributed by atoms with Crippen molar-refractivity contribution in [3.8, 4) is 17.0 Å². The van der Waals surface area contributed by atoms with Crippen LogP contribution in [-0.4, -0.2) is 41.4 Å². The first-order valence-corrected chi connectivity index (χ1v) is 10.2. The molecule has 1 unspecified atom stereocenters. The quantitative estimate of drug-likeness (QED) is 0.854. The van der Waals surface area contributed by atoms with E-state index in [0.29, 0.717) is 24.1 Å². The van der Waals surface area contributed by atoms with Crippen molar-refractivity contribution < 1.29 is 14.3 Å². The van der Waals surface area contributed by atoms with Crippen molar-refractivity contribution in [1.29, 1.82) is 0 Å². The van der Waals surface area contributed by atoms with Crippen LogP contribution in [0.25, 0.3) is 11.3 Å². The van der Waals surface area contributed by atoms with Crippen LogP contribution in [0.5, 0.6) is 5.75 Å². The molecule has 1 N–H and O–H groups in total. The molecule has 0 spiro atoms. The number of methoxy groups -OCH3 is 1. The van der Waals surface area contributed by atoms with Gasteiger partial charge in [-0.2, -0.15) is 0 Å². The molecule has 2 amide bonds. The second kappa shape index (κ2) is 7.68. The summed E-state index contributed by atoms with van der Waals surface area (Å²) in [6.07, 6.45) is 4.80. The van der Waals surface area contributed by atoms with Gasteiger partial charge in [0.05, 0.1) is 18.7 Å². The molecule has 0 bridgehead atoms. The Hall–Kier alpha value is -2.41. The van der Waals surface area contributed by atoms with Crippen molar-refractivity contribution in [2.24, 2.45) is 5.92 Å². The van der Waals surface area contributed by atoms with E-state index in [1.165, 1.54) is 24.2 Å². The van der Waals surface area contributed by atoms with Crippen molar-refractivity contribution in [2.75, 3.05) is 19.0 Å². The van der Waals surface area contributed by atoms with E-state index in [9.17, 15) is 9.59 Å². The van der Waals surface area contributed by atoms with Gasteiger partial charge in [-0.25, -0.2) is 4.98 Å². The molecule has 1 saturated heterocycles. The van der Waals surface area contributed by atoms with Crippen LogP contribution in [0, 0.1) is 5.92 Å². The van der Waals surface area contributed by atoms with E-state index in [-0.39, 0.29) is 17.7 Å². The fraction of sp³-hybridized carbons (Fsp3) is 0.450. The van der Waals surface area contributed by atoms with Crippen molar-refractivity contribution in [2.45, 2.75) is 38.1 Å². The Morgan fingerprint density at radius 3 is 2.70 bits per heavy atom. The van der Waals surface area contributed by atoms with Gasteiger partial charge in [-0.05, 0) is 37.1 Å². The SMILES string of the molecule is COc1ccc(-c2csc(NC(=O)C3CC(=O)N(C4CCCC4)C3)n2)cc1. The molecule has 1 aliphatic carbocycles. The number of nitrogens with one attached hydrogen (secondary N) is 1. The van der Waals surface area contributed by atoms with Crippen LogP contribution < -0.4 is 10.1 Å². The van der Waals surface area contributed by atoms with Gasteiger partial charge < -0.3 is 15.0 Å². The first-order chi connectivity index (χ1) is 13.1. The van der Waals surface area contributed by atoms with Gasteiger partial charge in [0.2, 0.25) is 11.8 Å². The van der Waals surface area contributed by atoms with Crippen molar-refractivity contribution in [1.82, 2.24) is 9.88 Å². The molecule has 1 atom stereocenters. The van der Waals surface area contributed by atoms with Gasteiger partial charge >= 0.3 is 0 Å². The highest BCUT2D eigenvalue weighted by atomic mass is 32.1. The molecular weight excluding hydrogens is 362 g/mol. The summed E-state index contributed by atoms with van der Waals surface area (Å²) < 4.78 is 5.17. The molecule has 27 heavy (non-hydrogen) atoms. The Morgan fingerprint density at radius 1 is 1.26 bits per heavy atom. The van der Waals surface area contributed by atoms with Crippen molar-refractivity contribution >= 4 is 28.3 Å². The summed E-state index contributed by atoms with van der Waals surface area (Å²) in [6.45, 7) is 0.534. The normalized spacial score (nSPS) is 20.3. The van der Waals surface area contributed by atoms with Gasteiger partial charge in [0.15, 0.2) is 5.13 Å². The van der Waals surface area contributed by atoms with E-state index in [2.05, 4.69) is 10.3 Å². The number of thiazole rings is 1. The molecule has 0 radical (unpaired) electrons. The highest BCUT2D eigenvalue weighted by molar-refractivity contribution is 7.14. The zero-order valence-corrected chi connectivity index (χ0v) is 16.1. The Labute approximate surface area is 162 Å². The van der Waals surface area contributed by atoms with Gasteiger partial charge in [0.1, 0.15) is 5.75 Å². The zero-order valence-electron chi connectivity index (χ0n) is 15.3. The molecule has 1 aromatic carbocycles. The summed E-state index contributed by atoms with van der Waals surface area (Å²) >= 11 is 1.40. The van der Waals surface area contributed by atoms with Crippen molar-refractivity contribution in [3.63, 3.8) is 0 Å². The number of benzene rings is 1. The van der Waals surface area contributed by atoms with Crippen LogP contribution in [-0.2, 0) is 9.59 Å². The summed E-state index contributed by atoms with van der Waals surface area (Å²) in [6, 6.07) is 7.98. The summed E-state index contributed by atoms with van der Waals surface area (Å²) in [5.74, 6) is 0.506. The van der Waals surface area contributed by atoms with Crippen LogP contribution in [0.4, 0.5) is 5.13 Å². The molecule has 7 heteroatoms. The highest BCUT2D eigenvalue weighted by Gasteiger charge is 2.38. The maximum atomic E-state index is 12.6. The van der Waals surface area contributed by atoms with E-state index in [4.69, 9.17) is 4.74 Å². The zero-order chi connectivity index (χ0) is 18.8. The summed E-state index contributed by atoms with van der Waals surface area (Å²) in [5.41, 5.74) is 1.78. The maximum absolute atomic E-state index is 12.6. The average Bonchev–Trinajstić information content (AvgIpc) is 3.42. The molecule has 6 nitrogen and oxygen atoms in total. The third kappa shape index (κ3) is 3.83. The number of carbonyl (C=O) groups excluding carboxylic acids is 2. The van der Waals surface area contributed by atoms with E-state index in [1.54, 1.807) is 7.11 Å². The third-order valence-electron chi connectivity index (χ3n) is 5.41. The van der Waals surface area contributed by atoms with E-state index in [0.717, 1.165) is 29.8 Å². The molecule has 1 aromatic heterocycles. The van der Waals surface area contributed by atoms with Crippen molar-refractivity contribution in [3.05, 3.63) is 29.6 Å².